The van der Waals surface area contributed by atoms with Crippen LogP contribution in [0.15, 0.2) is 40.1 Å². The Morgan fingerprint density at radius 3 is 2.47 bits per heavy atom. The minimum absolute atomic E-state index is 0.0471. The van der Waals surface area contributed by atoms with Gasteiger partial charge in [-0.3, -0.25) is 0 Å². The number of hydrogen-bond donors (Lipinski definition) is 0. The second-order valence-corrected chi connectivity index (χ2v) is 6.21. The zero-order valence-electron chi connectivity index (χ0n) is 9.45. The second kappa shape index (κ2) is 3.84. The number of hydrogen-bond acceptors (Lipinski definition) is 2. The van der Waals surface area contributed by atoms with E-state index in [1.165, 1.54) is 18.2 Å². The fourth-order valence-electron chi connectivity index (χ4n) is 2.17. The van der Waals surface area contributed by atoms with Gasteiger partial charge in [-0.05, 0) is 23.8 Å². The van der Waals surface area contributed by atoms with E-state index in [4.69, 9.17) is 0 Å². The number of halogens is 3. The van der Waals surface area contributed by atoms with Gasteiger partial charge in [0.15, 0.2) is 17.5 Å². The summed E-state index contributed by atoms with van der Waals surface area (Å²) in [7, 11) is -4.03. The Labute approximate surface area is 107 Å². The highest BCUT2D eigenvalue weighted by Crippen LogP contribution is 2.33. The summed E-state index contributed by atoms with van der Waals surface area (Å²) in [6.07, 6.45) is -0.0918. The van der Waals surface area contributed by atoms with E-state index in [1.807, 2.05) is 0 Å². The van der Waals surface area contributed by atoms with Gasteiger partial charge in [0.1, 0.15) is 0 Å². The largest absolute Gasteiger partial charge is 0.218 e. The molecule has 2 aromatic rings. The van der Waals surface area contributed by atoms with Crippen LogP contribution in [0.2, 0.25) is 0 Å². The molecule has 19 heavy (non-hydrogen) atoms. The van der Waals surface area contributed by atoms with E-state index in [0.29, 0.717) is 11.6 Å². The third kappa shape index (κ3) is 1.67. The van der Waals surface area contributed by atoms with Crippen LogP contribution in [0.4, 0.5) is 13.2 Å². The van der Waals surface area contributed by atoms with Gasteiger partial charge in [-0.2, -0.15) is 0 Å². The van der Waals surface area contributed by atoms with E-state index in [9.17, 15) is 21.6 Å². The predicted octanol–water partition coefficient (Wildman–Crippen LogP) is 2.84. The molecule has 1 aliphatic rings. The molecule has 0 amide bonds. The van der Waals surface area contributed by atoms with Crippen molar-refractivity contribution in [1.82, 2.24) is 0 Å². The second-order valence-electron chi connectivity index (χ2n) is 4.29. The van der Waals surface area contributed by atoms with Crippen LogP contribution in [0.5, 0.6) is 0 Å². The maximum Gasteiger partial charge on any atom is 0.207 e. The molecule has 2 bridgehead atoms. The minimum Gasteiger partial charge on any atom is -0.218 e. The molecule has 1 aliphatic heterocycles. The molecule has 0 N–H and O–H groups in total. The zero-order chi connectivity index (χ0) is 13.8. The van der Waals surface area contributed by atoms with Crippen LogP contribution in [0.1, 0.15) is 11.1 Å². The van der Waals surface area contributed by atoms with Crippen molar-refractivity contribution in [3.8, 4) is 0 Å². The minimum atomic E-state index is -4.03. The Kier molecular flexibility index (Phi) is 2.47. The molecule has 0 unspecified atom stereocenters. The predicted molar refractivity (Wildman–Crippen MR) is 61.0 cm³/mol. The summed E-state index contributed by atoms with van der Waals surface area (Å²) in [4.78, 5) is -0.556. The Morgan fingerprint density at radius 1 is 1.00 bits per heavy atom. The molecule has 3 rings (SSSR count). The summed E-state index contributed by atoms with van der Waals surface area (Å²) in [5.74, 6) is -4.60. The van der Waals surface area contributed by atoms with Gasteiger partial charge in [0.2, 0.25) is 9.84 Å². The Balaban J connectivity index is 2.46. The van der Waals surface area contributed by atoms with Gasteiger partial charge >= 0.3 is 0 Å². The van der Waals surface area contributed by atoms with Crippen molar-refractivity contribution in [1.29, 1.82) is 0 Å². The third-order valence-electron chi connectivity index (χ3n) is 3.10. The highest BCUT2D eigenvalue weighted by Gasteiger charge is 2.30. The average Bonchev–Trinajstić information content (AvgIpc) is 2.45. The molecule has 0 saturated carbocycles. The lowest BCUT2D eigenvalue weighted by atomic mass is 10.0. The van der Waals surface area contributed by atoms with Crippen molar-refractivity contribution in [2.75, 3.05) is 0 Å². The molecule has 0 radical (unpaired) electrons. The Hall–Kier alpha value is -1.82. The van der Waals surface area contributed by atoms with Crippen molar-refractivity contribution in [2.45, 2.75) is 16.2 Å². The van der Waals surface area contributed by atoms with Crippen LogP contribution >= 0.6 is 0 Å². The maximum atomic E-state index is 13.8. The number of fused-ring (bicyclic) bond motifs is 3. The Morgan fingerprint density at radius 2 is 1.74 bits per heavy atom. The first-order chi connectivity index (χ1) is 8.91. The Bertz CT molecular complexity index is 798. The molecule has 0 aromatic heterocycles. The molecular formula is C13H7F3O2S. The number of rotatable bonds is 0. The van der Waals surface area contributed by atoms with Gasteiger partial charge < -0.3 is 0 Å². The molecule has 98 valence electrons. The molecular weight excluding hydrogens is 277 g/mol. The fourth-order valence-corrected chi connectivity index (χ4v) is 3.73. The van der Waals surface area contributed by atoms with E-state index in [1.54, 1.807) is 6.07 Å². The molecule has 1 heterocycles. The monoisotopic (exact) mass is 284 g/mol. The van der Waals surface area contributed by atoms with E-state index >= 15 is 0 Å². The summed E-state index contributed by atoms with van der Waals surface area (Å²) >= 11 is 0. The highest BCUT2D eigenvalue weighted by atomic mass is 32.2. The fraction of sp³-hybridized carbons (Fsp3) is 0.0769. The topological polar surface area (TPSA) is 34.1 Å². The number of benzene rings is 2. The maximum absolute atomic E-state index is 13.8. The highest BCUT2D eigenvalue weighted by molar-refractivity contribution is 7.91. The first-order valence-corrected chi connectivity index (χ1v) is 6.90. The summed E-state index contributed by atoms with van der Waals surface area (Å²) in [5.41, 5.74) is 0.199. The van der Waals surface area contributed by atoms with Crippen LogP contribution in [0.25, 0.3) is 0 Å². The van der Waals surface area contributed by atoms with Gasteiger partial charge in [-0.15, -0.1) is 0 Å². The van der Waals surface area contributed by atoms with Gasteiger partial charge in [0.05, 0.1) is 9.79 Å². The average molecular weight is 284 g/mol. The van der Waals surface area contributed by atoms with Gasteiger partial charge in [0, 0.05) is 12.0 Å². The van der Waals surface area contributed by atoms with Crippen molar-refractivity contribution < 1.29 is 21.6 Å². The third-order valence-corrected chi connectivity index (χ3v) is 4.92. The summed E-state index contributed by atoms with van der Waals surface area (Å²) < 4.78 is 64.8. The first-order valence-electron chi connectivity index (χ1n) is 5.41. The van der Waals surface area contributed by atoms with Gasteiger partial charge in [-0.25, -0.2) is 21.6 Å². The smallest absolute Gasteiger partial charge is 0.207 e. The lowest BCUT2D eigenvalue weighted by molar-refractivity contribution is 0.436. The summed E-state index contributed by atoms with van der Waals surface area (Å²) in [6.45, 7) is 0. The molecule has 2 nitrogen and oxygen atoms in total. The van der Waals surface area contributed by atoms with Crippen LogP contribution in [0.3, 0.4) is 0 Å². The van der Waals surface area contributed by atoms with Crippen molar-refractivity contribution in [2.24, 2.45) is 0 Å². The first kappa shape index (κ1) is 12.2. The van der Waals surface area contributed by atoms with Crippen molar-refractivity contribution in [3.63, 3.8) is 0 Å². The van der Waals surface area contributed by atoms with Crippen molar-refractivity contribution in [3.05, 3.63) is 58.9 Å². The van der Waals surface area contributed by atoms with Crippen LogP contribution in [-0.4, -0.2) is 8.42 Å². The molecule has 6 heteroatoms. The molecule has 2 aromatic carbocycles. The molecule has 0 fully saturated rings. The summed E-state index contributed by atoms with van der Waals surface area (Å²) in [6, 6.07) is 6.38. The van der Waals surface area contributed by atoms with Crippen LogP contribution < -0.4 is 0 Å². The van der Waals surface area contributed by atoms with Gasteiger partial charge in [-0.1, -0.05) is 12.1 Å². The molecule has 0 aliphatic carbocycles. The molecule has 0 saturated heterocycles. The van der Waals surface area contributed by atoms with Crippen molar-refractivity contribution >= 4 is 9.84 Å². The normalized spacial score (nSPS) is 15.7. The lowest BCUT2D eigenvalue weighted by Gasteiger charge is -2.09. The molecule has 0 atom stereocenters. The van der Waals surface area contributed by atoms with Gasteiger partial charge in [0.25, 0.3) is 0 Å². The van der Waals surface area contributed by atoms with E-state index in [0.717, 1.165) is 0 Å². The van der Waals surface area contributed by atoms with Crippen LogP contribution in [0, 0.1) is 17.5 Å². The van der Waals surface area contributed by atoms with E-state index < -0.39 is 32.2 Å². The quantitative estimate of drug-likeness (QED) is 0.470. The standard InChI is InChI=1S/C13H7F3O2S/c14-10-6-11-9(12(15)13(10)16)5-7-2-1-3-8(4-7)19(11,17)18/h1-4,6H,5H2. The lowest BCUT2D eigenvalue weighted by Crippen LogP contribution is -2.08. The SMILES string of the molecule is O=S1(=O)c2cccc(c2)Cc2c1cc(F)c(F)c2F. The molecule has 0 spiro atoms. The zero-order valence-corrected chi connectivity index (χ0v) is 10.3. The van der Waals surface area contributed by atoms with E-state index in [-0.39, 0.29) is 16.9 Å². The van der Waals surface area contributed by atoms with Crippen LogP contribution in [-0.2, 0) is 16.3 Å². The summed E-state index contributed by atoms with van der Waals surface area (Å²) in [5, 5.41) is 0. The van der Waals surface area contributed by atoms with E-state index in [2.05, 4.69) is 0 Å². The number of sulfone groups is 1.